The van der Waals surface area contributed by atoms with Crippen LogP contribution in [-0.2, 0) is 29.2 Å². The molecule has 27 heavy (non-hydrogen) atoms. The van der Waals surface area contributed by atoms with E-state index in [0.717, 1.165) is 0 Å². The Morgan fingerprint density at radius 1 is 1.41 bits per heavy atom. The number of aromatic nitrogens is 3. The van der Waals surface area contributed by atoms with E-state index in [-0.39, 0.29) is 42.7 Å². The lowest BCUT2D eigenvalue weighted by Crippen LogP contribution is -2.51. The zero-order chi connectivity index (χ0) is 19.7. The first kappa shape index (κ1) is 19.2. The van der Waals surface area contributed by atoms with Gasteiger partial charge in [-0.25, -0.2) is 4.39 Å². The summed E-state index contributed by atoms with van der Waals surface area (Å²) in [7, 11) is 1.53. The number of carboxylic acids is 1. The van der Waals surface area contributed by atoms with E-state index in [9.17, 15) is 19.1 Å². The van der Waals surface area contributed by atoms with E-state index in [1.807, 2.05) is 0 Å². The fraction of sp³-hybridized carbons (Fsp3) is 0.412. The first-order valence-electron chi connectivity index (χ1n) is 8.30. The van der Waals surface area contributed by atoms with Crippen molar-refractivity contribution in [2.75, 3.05) is 13.6 Å². The summed E-state index contributed by atoms with van der Waals surface area (Å²) in [5.41, 5.74) is 0.221. The van der Waals surface area contributed by atoms with Crippen molar-refractivity contribution >= 4 is 23.5 Å². The van der Waals surface area contributed by atoms with Crippen LogP contribution in [0.4, 0.5) is 4.39 Å². The van der Waals surface area contributed by atoms with Crippen LogP contribution in [0.25, 0.3) is 0 Å². The van der Waals surface area contributed by atoms with Crippen LogP contribution >= 0.6 is 11.6 Å². The lowest BCUT2D eigenvalue weighted by molar-refractivity contribution is -0.146. The van der Waals surface area contributed by atoms with Gasteiger partial charge >= 0.3 is 5.97 Å². The molecule has 0 aliphatic carbocycles. The van der Waals surface area contributed by atoms with Crippen molar-refractivity contribution < 1.29 is 19.1 Å². The number of amides is 1. The van der Waals surface area contributed by atoms with Crippen LogP contribution in [0, 0.1) is 12.7 Å². The number of carbonyl (C=O) groups is 2. The number of fused-ring (bicyclic) bond motifs is 1. The second-order valence-corrected chi connectivity index (χ2v) is 6.89. The fourth-order valence-corrected chi connectivity index (χ4v) is 3.29. The van der Waals surface area contributed by atoms with Gasteiger partial charge in [0.25, 0.3) is 0 Å². The molecule has 1 aromatic carbocycles. The fourth-order valence-electron chi connectivity index (χ4n) is 3.06. The molecule has 0 bridgehead atoms. The van der Waals surface area contributed by atoms with Gasteiger partial charge in [-0.1, -0.05) is 17.7 Å². The van der Waals surface area contributed by atoms with Gasteiger partial charge in [0.05, 0.1) is 19.6 Å². The Morgan fingerprint density at radius 3 is 2.81 bits per heavy atom. The second-order valence-electron chi connectivity index (χ2n) is 6.48. The number of nitrogens with zero attached hydrogens (tertiary/aromatic N) is 5. The summed E-state index contributed by atoms with van der Waals surface area (Å²) < 4.78 is 15.7. The van der Waals surface area contributed by atoms with E-state index in [1.54, 1.807) is 17.6 Å². The third-order valence-corrected chi connectivity index (χ3v) is 5.01. The summed E-state index contributed by atoms with van der Waals surface area (Å²) in [5.74, 6) is -0.620. The van der Waals surface area contributed by atoms with Gasteiger partial charge < -0.3 is 14.6 Å². The highest BCUT2D eigenvalue weighted by Gasteiger charge is 2.35. The molecule has 0 spiro atoms. The van der Waals surface area contributed by atoms with E-state index in [1.165, 1.54) is 29.0 Å². The topological polar surface area (TPSA) is 91.6 Å². The first-order chi connectivity index (χ1) is 12.8. The molecule has 1 atom stereocenters. The van der Waals surface area contributed by atoms with E-state index in [2.05, 4.69) is 10.2 Å². The molecule has 1 unspecified atom stereocenters. The third-order valence-electron chi connectivity index (χ3n) is 4.66. The molecule has 1 amide bonds. The number of halogens is 2. The van der Waals surface area contributed by atoms with Gasteiger partial charge in [-0.05, 0) is 19.1 Å². The van der Waals surface area contributed by atoms with Gasteiger partial charge in [-0.2, -0.15) is 0 Å². The predicted molar refractivity (Wildman–Crippen MR) is 94.5 cm³/mol. The molecule has 10 heteroatoms. The first-order valence-corrected chi connectivity index (χ1v) is 8.68. The van der Waals surface area contributed by atoms with Gasteiger partial charge in [0, 0.05) is 24.2 Å². The van der Waals surface area contributed by atoms with E-state index < -0.39 is 17.8 Å². The predicted octanol–water partition coefficient (Wildman–Crippen LogP) is 1.31. The Hall–Kier alpha value is -2.52. The molecule has 1 aromatic heterocycles. The maximum Gasteiger partial charge on any atom is 0.322 e. The highest BCUT2D eigenvalue weighted by Crippen LogP contribution is 2.21. The Labute approximate surface area is 160 Å². The monoisotopic (exact) mass is 395 g/mol. The summed E-state index contributed by atoms with van der Waals surface area (Å²) >= 11 is 6.01. The molecule has 3 rings (SSSR count). The van der Waals surface area contributed by atoms with Crippen LogP contribution in [-0.4, -0.2) is 61.2 Å². The molecule has 144 valence electrons. The minimum absolute atomic E-state index is 0.00872. The number of hydrogen-bond donors (Lipinski definition) is 1. The summed E-state index contributed by atoms with van der Waals surface area (Å²) in [6.07, 6.45) is 0. The number of carboxylic acid groups (broad SMARTS) is 1. The summed E-state index contributed by atoms with van der Waals surface area (Å²) in [6.45, 7) is 1.97. The number of carbonyl (C=O) groups excluding carboxylic acids is 1. The molecule has 8 nitrogen and oxygen atoms in total. The van der Waals surface area contributed by atoms with Crippen molar-refractivity contribution in [2.45, 2.75) is 32.6 Å². The minimum Gasteiger partial charge on any atom is -0.480 e. The van der Waals surface area contributed by atoms with Gasteiger partial charge in [0.1, 0.15) is 23.5 Å². The average Bonchev–Trinajstić information content (AvgIpc) is 2.97. The summed E-state index contributed by atoms with van der Waals surface area (Å²) in [4.78, 5) is 27.1. The second kappa shape index (κ2) is 7.61. The van der Waals surface area contributed by atoms with Crippen LogP contribution in [0.3, 0.4) is 0 Å². The normalized spacial score (nSPS) is 16.8. The highest BCUT2D eigenvalue weighted by atomic mass is 35.5. The quantitative estimate of drug-likeness (QED) is 0.820. The van der Waals surface area contributed by atoms with Gasteiger partial charge in [-0.15, -0.1) is 10.2 Å². The zero-order valence-corrected chi connectivity index (χ0v) is 15.6. The van der Waals surface area contributed by atoms with E-state index in [4.69, 9.17) is 11.6 Å². The highest BCUT2D eigenvalue weighted by molar-refractivity contribution is 6.31. The minimum atomic E-state index is -1.03. The lowest BCUT2D eigenvalue weighted by Gasteiger charge is -2.33. The van der Waals surface area contributed by atoms with E-state index >= 15 is 0 Å². The number of rotatable bonds is 5. The molecule has 1 aliphatic heterocycles. The summed E-state index contributed by atoms with van der Waals surface area (Å²) in [6, 6.07) is 3.45. The number of hydrogen-bond acceptors (Lipinski definition) is 5. The SMILES string of the molecule is Cc1nnc2n1CC(C(=O)O)N(CC(=O)N(C)Cc1c(F)cccc1Cl)C2. The van der Waals surface area contributed by atoms with Crippen molar-refractivity contribution in [2.24, 2.45) is 0 Å². The van der Waals surface area contributed by atoms with Crippen LogP contribution < -0.4 is 0 Å². The van der Waals surface area contributed by atoms with Crippen LogP contribution in [0.1, 0.15) is 17.2 Å². The Morgan fingerprint density at radius 2 is 2.15 bits per heavy atom. The molecule has 1 N–H and O–H groups in total. The van der Waals surface area contributed by atoms with Crippen molar-refractivity contribution in [3.63, 3.8) is 0 Å². The molecule has 2 aromatic rings. The molecule has 1 aliphatic rings. The van der Waals surface area contributed by atoms with Crippen molar-refractivity contribution in [1.82, 2.24) is 24.6 Å². The van der Waals surface area contributed by atoms with Gasteiger partial charge in [0.15, 0.2) is 0 Å². The molecule has 0 radical (unpaired) electrons. The van der Waals surface area contributed by atoms with Crippen molar-refractivity contribution in [3.8, 4) is 0 Å². The lowest BCUT2D eigenvalue weighted by atomic mass is 10.1. The molecular weight excluding hydrogens is 377 g/mol. The van der Waals surface area contributed by atoms with Crippen molar-refractivity contribution in [3.05, 3.63) is 46.3 Å². The van der Waals surface area contributed by atoms with Crippen LogP contribution in [0.2, 0.25) is 5.02 Å². The zero-order valence-electron chi connectivity index (χ0n) is 14.9. The number of aliphatic carboxylic acids is 1. The molecular formula is C17H19ClFN5O3. The average molecular weight is 396 g/mol. The smallest absolute Gasteiger partial charge is 0.322 e. The maximum atomic E-state index is 13.9. The molecule has 2 heterocycles. The Kier molecular flexibility index (Phi) is 5.43. The van der Waals surface area contributed by atoms with Crippen molar-refractivity contribution in [1.29, 1.82) is 0 Å². The third kappa shape index (κ3) is 3.93. The Balaban J connectivity index is 1.73. The van der Waals surface area contributed by atoms with Gasteiger partial charge in [-0.3, -0.25) is 14.5 Å². The summed E-state index contributed by atoms with van der Waals surface area (Å²) in [5, 5.41) is 17.8. The number of aryl methyl sites for hydroxylation is 1. The molecule has 0 fully saturated rings. The molecule has 0 saturated heterocycles. The largest absolute Gasteiger partial charge is 0.480 e. The maximum absolute atomic E-state index is 13.9. The van der Waals surface area contributed by atoms with Gasteiger partial charge in [0.2, 0.25) is 5.91 Å². The van der Waals surface area contributed by atoms with E-state index in [0.29, 0.717) is 11.6 Å². The molecule has 0 saturated carbocycles. The Bertz CT molecular complexity index is 867. The van der Waals surface area contributed by atoms with Crippen LogP contribution in [0.5, 0.6) is 0 Å². The number of benzene rings is 1. The standard InChI is InChI=1S/C17H19ClFN5O3/c1-10-20-21-15-8-23(14(17(26)27)7-24(10)15)9-16(25)22(2)6-11-12(18)4-3-5-13(11)19/h3-5,14H,6-9H2,1-2H3,(H,26,27). The van der Waals surface area contributed by atoms with Crippen LogP contribution in [0.15, 0.2) is 18.2 Å². The number of likely N-dealkylation sites (N-methyl/N-ethyl adjacent to an activating group) is 1.